The van der Waals surface area contributed by atoms with E-state index in [9.17, 15) is 18.0 Å². The van der Waals surface area contributed by atoms with Crippen LogP contribution < -0.4 is 5.73 Å². The van der Waals surface area contributed by atoms with E-state index >= 15 is 0 Å². The quantitative estimate of drug-likeness (QED) is 0.686. The predicted molar refractivity (Wildman–Crippen MR) is 75.1 cm³/mol. The normalized spacial score (nSPS) is 11.4. The molecule has 0 aliphatic carbocycles. The van der Waals surface area contributed by atoms with Crippen molar-refractivity contribution in [1.29, 1.82) is 0 Å². The lowest BCUT2D eigenvalue weighted by molar-refractivity contribution is -0.137. The maximum Gasteiger partial charge on any atom is 0.416 e. The molecular weight excluding hydrogens is 279 g/mol. The first-order chi connectivity index (χ1) is 9.77. The Bertz CT molecular complexity index is 660. The Kier molecular flexibility index (Phi) is 4.02. The first-order valence-electron chi connectivity index (χ1n) is 6.33. The molecular formula is C16H14F3NO. The average Bonchev–Trinajstić information content (AvgIpc) is 2.40. The molecule has 2 rings (SSSR count). The number of hydrogen-bond donors (Lipinski definition) is 1. The molecule has 2 N–H and O–H groups in total. The number of carbonyl (C=O) groups is 1. The molecule has 0 fully saturated rings. The molecule has 21 heavy (non-hydrogen) atoms. The van der Waals surface area contributed by atoms with E-state index in [-0.39, 0.29) is 12.2 Å². The lowest BCUT2D eigenvalue weighted by Gasteiger charge is -2.10. The third kappa shape index (κ3) is 3.62. The molecule has 5 heteroatoms. The lowest BCUT2D eigenvalue weighted by atomic mass is 9.97. The van der Waals surface area contributed by atoms with E-state index in [2.05, 4.69) is 0 Å². The Hall–Kier alpha value is -2.30. The van der Waals surface area contributed by atoms with Crippen LogP contribution in [0.15, 0.2) is 42.5 Å². The SMILES string of the molecule is Cc1cc(C(F)(F)F)ccc1C(=O)Cc1ccc(N)cc1. The second-order valence-corrected chi connectivity index (χ2v) is 4.87. The highest BCUT2D eigenvalue weighted by atomic mass is 19.4. The minimum absolute atomic E-state index is 0.131. The van der Waals surface area contributed by atoms with Crippen LogP contribution in [-0.2, 0) is 12.6 Å². The Morgan fingerprint density at radius 3 is 2.24 bits per heavy atom. The fraction of sp³-hybridized carbons (Fsp3) is 0.188. The summed E-state index contributed by atoms with van der Waals surface area (Å²) in [5.74, 6) is -0.217. The van der Waals surface area contributed by atoms with Gasteiger partial charge in [0.25, 0.3) is 0 Å². The highest BCUT2D eigenvalue weighted by molar-refractivity contribution is 5.98. The van der Waals surface area contributed by atoms with E-state index in [4.69, 9.17) is 5.73 Å². The van der Waals surface area contributed by atoms with E-state index in [1.165, 1.54) is 13.0 Å². The molecule has 0 amide bonds. The van der Waals surface area contributed by atoms with Gasteiger partial charge in [0.15, 0.2) is 5.78 Å². The summed E-state index contributed by atoms with van der Waals surface area (Å²) in [6, 6.07) is 9.99. The third-order valence-electron chi connectivity index (χ3n) is 3.20. The topological polar surface area (TPSA) is 43.1 Å². The van der Waals surface area contributed by atoms with Crippen LogP contribution in [0, 0.1) is 6.92 Å². The van der Waals surface area contributed by atoms with Gasteiger partial charge in [0.2, 0.25) is 0 Å². The fourth-order valence-corrected chi connectivity index (χ4v) is 2.07. The number of halogens is 3. The van der Waals surface area contributed by atoms with Gasteiger partial charge in [-0.25, -0.2) is 0 Å². The zero-order chi connectivity index (χ0) is 15.6. The number of rotatable bonds is 3. The number of anilines is 1. The fourth-order valence-electron chi connectivity index (χ4n) is 2.07. The molecule has 0 bridgehead atoms. The van der Waals surface area contributed by atoms with Gasteiger partial charge >= 0.3 is 6.18 Å². The van der Waals surface area contributed by atoms with E-state index < -0.39 is 11.7 Å². The number of nitrogen functional groups attached to an aromatic ring is 1. The van der Waals surface area contributed by atoms with Crippen molar-refractivity contribution in [3.63, 3.8) is 0 Å². The van der Waals surface area contributed by atoms with Crippen LogP contribution >= 0.6 is 0 Å². The van der Waals surface area contributed by atoms with Gasteiger partial charge < -0.3 is 5.73 Å². The number of alkyl halides is 3. The van der Waals surface area contributed by atoms with E-state index in [1.807, 2.05) is 0 Å². The number of benzene rings is 2. The molecule has 0 heterocycles. The standard InChI is InChI=1S/C16H14F3NO/c1-10-8-12(16(17,18)19)4-7-14(10)15(21)9-11-2-5-13(20)6-3-11/h2-8H,9,20H2,1H3. The Labute approximate surface area is 120 Å². The van der Waals surface area contributed by atoms with Crippen molar-refractivity contribution in [3.05, 3.63) is 64.7 Å². The summed E-state index contributed by atoms with van der Waals surface area (Å²) in [6.45, 7) is 1.51. The average molecular weight is 293 g/mol. The number of Topliss-reactive ketones (excluding diaryl/α,β-unsaturated/α-hetero) is 1. The molecule has 0 aromatic heterocycles. The summed E-state index contributed by atoms with van der Waals surface area (Å²) < 4.78 is 37.8. The van der Waals surface area contributed by atoms with E-state index in [0.717, 1.165) is 17.7 Å². The zero-order valence-electron chi connectivity index (χ0n) is 11.4. The largest absolute Gasteiger partial charge is 0.416 e. The lowest BCUT2D eigenvalue weighted by Crippen LogP contribution is -2.09. The molecule has 0 unspecified atom stereocenters. The summed E-state index contributed by atoms with van der Waals surface area (Å²) >= 11 is 0. The van der Waals surface area contributed by atoms with Crippen molar-refractivity contribution in [2.24, 2.45) is 0 Å². The van der Waals surface area contributed by atoms with Crippen LogP contribution in [0.3, 0.4) is 0 Å². The van der Waals surface area contributed by atoms with Crippen molar-refractivity contribution in [3.8, 4) is 0 Å². The minimum Gasteiger partial charge on any atom is -0.399 e. The van der Waals surface area contributed by atoms with Crippen LogP contribution in [0.1, 0.15) is 27.0 Å². The molecule has 2 aromatic carbocycles. The maximum atomic E-state index is 12.6. The monoisotopic (exact) mass is 293 g/mol. The zero-order valence-corrected chi connectivity index (χ0v) is 11.4. The van der Waals surface area contributed by atoms with Crippen LogP contribution in [0.2, 0.25) is 0 Å². The van der Waals surface area contributed by atoms with Crippen LogP contribution in [0.4, 0.5) is 18.9 Å². The van der Waals surface area contributed by atoms with Crippen molar-refractivity contribution in [1.82, 2.24) is 0 Å². The maximum absolute atomic E-state index is 12.6. The second kappa shape index (κ2) is 5.60. The molecule has 0 radical (unpaired) electrons. The third-order valence-corrected chi connectivity index (χ3v) is 3.20. The molecule has 0 aliphatic rings. The van der Waals surface area contributed by atoms with Gasteiger partial charge in [-0.2, -0.15) is 13.2 Å². The van der Waals surface area contributed by atoms with Crippen LogP contribution in [0.5, 0.6) is 0 Å². The van der Waals surface area contributed by atoms with Crippen molar-refractivity contribution in [2.75, 3.05) is 5.73 Å². The van der Waals surface area contributed by atoms with Gasteiger partial charge in [-0.1, -0.05) is 18.2 Å². The van der Waals surface area contributed by atoms with Crippen molar-refractivity contribution >= 4 is 11.5 Å². The second-order valence-electron chi connectivity index (χ2n) is 4.87. The molecule has 110 valence electrons. The van der Waals surface area contributed by atoms with Gasteiger partial charge in [0.05, 0.1) is 5.56 Å². The Morgan fingerprint density at radius 1 is 1.10 bits per heavy atom. The number of hydrogen-bond acceptors (Lipinski definition) is 2. The highest BCUT2D eigenvalue weighted by Gasteiger charge is 2.30. The van der Waals surface area contributed by atoms with Crippen molar-refractivity contribution < 1.29 is 18.0 Å². The number of aryl methyl sites for hydroxylation is 1. The van der Waals surface area contributed by atoms with Gasteiger partial charge in [-0.15, -0.1) is 0 Å². The Morgan fingerprint density at radius 2 is 1.71 bits per heavy atom. The number of ketones is 1. The summed E-state index contributed by atoms with van der Waals surface area (Å²) in [4.78, 5) is 12.2. The van der Waals surface area contributed by atoms with Gasteiger partial charge in [0, 0.05) is 17.7 Å². The van der Waals surface area contributed by atoms with Gasteiger partial charge in [0.1, 0.15) is 0 Å². The molecule has 0 aliphatic heterocycles. The molecule has 2 nitrogen and oxygen atoms in total. The number of carbonyl (C=O) groups excluding carboxylic acids is 1. The first kappa shape index (κ1) is 15.1. The molecule has 0 saturated carbocycles. The minimum atomic E-state index is -4.40. The van der Waals surface area contributed by atoms with Crippen LogP contribution in [-0.4, -0.2) is 5.78 Å². The van der Waals surface area contributed by atoms with E-state index in [0.29, 0.717) is 16.8 Å². The highest BCUT2D eigenvalue weighted by Crippen LogP contribution is 2.30. The summed E-state index contributed by atoms with van der Waals surface area (Å²) in [6.07, 6.45) is -4.27. The number of nitrogens with two attached hydrogens (primary N) is 1. The van der Waals surface area contributed by atoms with Crippen molar-refractivity contribution in [2.45, 2.75) is 19.5 Å². The van der Waals surface area contributed by atoms with E-state index in [1.54, 1.807) is 24.3 Å². The molecule has 0 spiro atoms. The summed E-state index contributed by atoms with van der Waals surface area (Å²) in [5.41, 5.74) is 6.81. The predicted octanol–water partition coefficient (Wildman–Crippen LogP) is 4.02. The smallest absolute Gasteiger partial charge is 0.399 e. The molecule has 2 aromatic rings. The van der Waals surface area contributed by atoms with Gasteiger partial charge in [-0.05, 0) is 42.3 Å². The molecule has 0 atom stereocenters. The summed E-state index contributed by atoms with van der Waals surface area (Å²) in [7, 11) is 0. The summed E-state index contributed by atoms with van der Waals surface area (Å²) in [5, 5.41) is 0. The van der Waals surface area contributed by atoms with Gasteiger partial charge in [-0.3, -0.25) is 4.79 Å². The van der Waals surface area contributed by atoms with Crippen LogP contribution in [0.25, 0.3) is 0 Å². The first-order valence-corrected chi connectivity index (χ1v) is 6.33. The Balaban J connectivity index is 2.22. The molecule has 0 saturated heterocycles.